The first kappa shape index (κ1) is 9.65. The molecule has 0 amide bonds. The van der Waals surface area contributed by atoms with E-state index in [-0.39, 0.29) is 0 Å². The summed E-state index contributed by atoms with van der Waals surface area (Å²) in [5, 5.41) is 0. The number of aromatic nitrogens is 1. The molecule has 0 saturated carbocycles. The van der Waals surface area contributed by atoms with E-state index < -0.39 is 9.73 Å². The van der Waals surface area contributed by atoms with Gasteiger partial charge < -0.3 is 0 Å². The van der Waals surface area contributed by atoms with E-state index in [4.69, 9.17) is 0 Å². The van der Waals surface area contributed by atoms with Crippen molar-refractivity contribution in [3.05, 3.63) is 23.5 Å². The summed E-state index contributed by atoms with van der Waals surface area (Å²) in [7, 11) is -2.20. The molecule has 0 radical (unpaired) electrons. The van der Waals surface area contributed by atoms with Crippen LogP contribution < -0.4 is 0 Å². The third-order valence-corrected chi connectivity index (χ3v) is 4.48. The van der Waals surface area contributed by atoms with Crippen LogP contribution in [0.1, 0.15) is 17.7 Å². The lowest BCUT2D eigenvalue weighted by Crippen LogP contribution is -2.04. The number of hydrogen-bond donors (Lipinski definition) is 0. The molecule has 0 aromatic carbocycles. The molecule has 0 saturated heterocycles. The summed E-state index contributed by atoms with van der Waals surface area (Å²) in [6, 6.07) is 1.96. The summed E-state index contributed by atoms with van der Waals surface area (Å²) in [5.41, 5.74) is 2.02. The molecular weight excluding hydrogens is 196 g/mol. The molecule has 14 heavy (non-hydrogen) atoms. The van der Waals surface area contributed by atoms with Crippen LogP contribution in [0.25, 0.3) is 0 Å². The van der Waals surface area contributed by atoms with Crippen molar-refractivity contribution in [2.24, 2.45) is 4.36 Å². The van der Waals surface area contributed by atoms with Crippen molar-refractivity contribution in [2.45, 2.75) is 24.7 Å². The van der Waals surface area contributed by atoms with E-state index in [1.807, 2.05) is 13.0 Å². The largest absolute Gasteiger partial charge is 0.260 e. The van der Waals surface area contributed by atoms with Crippen LogP contribution >= 0.6 is 0 Å². The van der Waals surface area contributed by atoms with Gasteiger partial charge in [-0.3, -0.25) is 4.98 Å². The Kier molecular flexibility index (Phi) is 2.31. The molecule has 0 unspecified atom stereocenters. The van der Waals surface area contributed by atoms with E-state index in [0.29, 0.717) is 6.54 Å². The highest BCUT2D eigenvalue weighted by molar-refractivity contribution is 7.93. The Morgan fingerprint density at radius 2 is 2.29 bits per heavy atom. The second-order valence-electron chi connectivity index (χ2n) is 3.64. The van der Waals surface area contributed by atoms with E-state index >= 15 is 0 Å². The van der Waals surface area contributed by atoms with Gasteiger partial charge in [-0.05, 0) is 31.4 Å². The molecule has 76 valence electrons. The minimum Gasteiger partial charge on any atom is -0.260 e. The molecule has 0 N–H and O–H groups in total. The van der Waals surface area contributed by atoms with Gasteiger partial charge in [-0.15, -0.1) is 0 Å². The molecule has 4 heteroatoms. The number of fused-ring (bicyclic) bond motifs is 1. The first-order valence-corrected chi connectivity index (χ1v) is 6.66. The quantitative estimate of drug-likeness (QED) is 0.655. The highest BCUT2D eigenvalue weighted by Crippen LogP contribution is 2.24. The topological polar surface area (TPSA) is 42.3 Å². The standard InChI is InChI=1S/C10H14N2OS/c1-8-10-9(5-7-11-8)4-3-6-12-14(10,2)13/h5,7H,3-4,6H2,1-2H3/t14-/m0/s1. The van der Waals surface area contributed by atoms with Crippen LogP contribution in [-0.2, 0) is 16.1 Å². The Balaban J connectivity index is 2.77. The Morgan fingerprint density at radius 3 is 3.07 bits per heavy atom. The number of hydrogen-bond acceptors (Lipinski definition) is 3. The molecule has 1 aliphatic rings. The molecule has 1 atom stereocenters. The van der Waals surface area contributed by atoms with Gasteiger partial charge in [0.1, 0.15) is 0 Å². The van der Waals surface area contributed by atoms with Crippen molar-refractivity contribution in [3.63, 3.8) is 0 Å². The number of pyridine rings is 1. The van der Waals surface area contributed by atoms with Gasteiger partial charge >= 0.3 is 0 Å². The average molecular weight is 210 g/mol. The summed E-state index contributed by atoms with van der Waals surface area (Å²) in [6.07, 6.45) is 5.45. The second-order valence-corrected chi connectivity index (χ2v) is 5.91. The molecule has 0 fully saturated rings. The summed E-state index contributed by atoms with van der Waals surface area (Å²) < 4.78 is 16.5. The Hall–Kier alpha value is -0.900. The Bertz CT molecular complexity index is 473. The second kappa shape index (κ2) is 3.35. The van der Waals surface area contributed by atoms with Gasteiger partial charge in [0.2, 0.25) is 0 Å². The van der Waals surface area contributed by atoms with Crippen LogP contribution in [0.4, 0.5) is 0 Å². The zero-order valence-corrected chi connectivity index (χ0v) is 9.30. The maximum Gasteiger partial charge on any atom is 0.0743 e. The van der Waals surface area contributed by atoms with Gasteiger partial charge in [-0.25, -0.2) is 8.57 Å². The lowest BCUT2D eigenvalue weighted by Gasteiger charge is -2.09. The molecule has 0 spiro atoms. The molecule has 0 bridgehead atoms. The smallest absolute Gasteiger partial charge is 0.0743 e. The maximum absolute atomic E-state index is 12.3. The van der Waals surface area contributed by atoms with E-state index in [1.54, 1.807) is 12.5 Å². The fourth-order valence-corrected chi connectivity index (χ4v) is 3.76. The van der Waals surface area contributed by atoms with Gasteiger partial charge in [0.15, 0.2) is 0 Å². The Morgan fingerprint density at radius 1 is 1.50 bits per heavy atom. The van der Waals surface area contributed by atoms with Crippen molar-refractivity contribution in [1.82, 2.24) is 4.98 Å². The van der Waals surface area contributed by atoms with Crippen LogP contribution in [0, 0.1) is 6.92 Å². The minimum atomic E-state index is -2.20. The van der Waals surface area contributed by atoms with Gasteiger partial charge in [0.25, 0.3) is 0 Å². The van der Waals surface area contributed by atoms with Crippen molar-refractivity contribution in [1.29, 1.82) is 0 Å². The van der Waals surface area contributed by atoms with Crippen LogP contribution in [0.3, 0.4) is 0 Å². The lowest BCUT2D eigenvalue weighted by molar-refractivity contribution is 0.678. The van der Waals surface area contributed by atoms with Crippen molar-refractivity contribution >= 4 is 9.73 Å². The van der Waals surface area contributed by atoms with Gasteiger partial charge in [-0.2, -0.15) is 0 Å². The summed E-state index contributed by atoms with van der Waals surface area (Å²) in [6.45, 7) is 2.60. The minimum absolute atomic E-state index is 0.698. The van der Waals surface area contributed by atoms with Crippen molar-refractivity contribution in [2.75, 3.05) is 12.8 Å². The van der Waals surface area contributed by atoms with Crippen molar-refractivity contribution < 1.29 is 4.21 Å². The van der Waals surface area contributed by atoms with Gasteiger partial charge in [-0.1, -0.05) is 0 Å². The predicted molar refractivity (Wildman–Crippen MR) is 56.9 cm³/mol. The van der Waals surface area contributed by atoms with E-state index in [1.165, 1.54) is 0 Å². The van der Waals surface area contributed by atoms with Gasteiger partial charge in [0, 0.05) is 19.0 Å². The summed E-state index contributed by atoms with van der Waals surface area (Å²) in [5.74, 6) is 0. The lowest BCUT2D eigenvalue weighted by atomic mass is 10.1. The van der Waals surface area contributed by atoms with Crippen LogP contribution in [0.2, 0.25) is 0 Å². The normalized spacial score (nSPS) is 26.1. The third-order valence-electron chi connectivity index (χ3n) is 2.48. The van der Waals surface area contributed by atoms with E-state index in [9.17, 15) is 4.21 Å². The third kappa shape index (κ3) is 1.54. The molecule has 2 rings (SSSR count). The number of aryl methyl sites for hydroxylation is 2. The fraction of sp³-hybridized carbons (Fsp3) is 0.500. The number of nitrogens with zero attached hydrogens (tertiary/aromatic N) is 2. The molecule has 2 heterocycles. The summed E-state index contributed by atoms with van der Waals surface area (Å²) in [4.78, 5) is 5.06. The zero-order valence-electron chi connectivity index (χ0n) is 8.49. The monoisotopic (exact) mass is 210 g/mol. The van der Waals surface area contributed by atoms with Crippen LogP contribution in [0.5, 0.6) is 0 Å². The fourth-order valence-electron chi connectivity index (χ4n) is 1.89. The number of rotatable bonds is 0. The van der Waals surface area contributed by atoms with Crippen molar-refractivity contribution in [3.8, 4) is 0 Å². The predicted octanol–water partition coefficient (Wildman–Crippen LogP) is 1.79. The molecule has 1 aromatic heterocycles. The molecular formula is C10H14N2OS. The first-order chi connectivity index (χ1) is 6.61. The molecule has 1 aliphatic heterocycles. The molecule has 3 nitrogen and oxygen atoms in total. The highest BCUT2D eigenvalue weighted by atomic mass is 32.2. The Labute approximate surface area is 84.7 Å². The first-order valence-electron chi connectivity index (χ1n) is 4.74. The molecule has 0 aliphatic carbocycles. The highest BCUT2D eigenvalue weighted by Gasteiger charge is 2.17. The molecule has 1 aromatic rings. The average Bonchev–Trinajstić information content (AvgIpc) is 2.25. The van der Waals surface area contributed by atoms with E-state index in [2.05, 4.69) is 9.35 Å². The van der Waals surface area contributed by atoms with E-state index in [0.717, 1.165) is 29.0 Å². The van der Waals surface area contributed by atoms with Crippen LogP contribution in [-0.4, -0.2) is 22.0 Å². The van der Waals surface area contributed by atoms with Gasteiger partial charge in [0.05, 0.1) is 20.3 Å². The summed E-state index contributed by atoms with van der Waals surface area (Å²) >= 11 is 0. The maximum atomic E-state index is 12.3. The van der Waals surface area contributed by atoms with Crippen LogP contribution in [0.15, 0.2) is 21.5 Å². The zero-order chi connectivity index (χ0) is 10.2. The SMILES string of the molecule is Cc1nccc2c1[S@](C)(=O)=NCCC2.